The first-order valence-electron chi connectivity index (χ1n) is 13.9. The van der Waals surface area contributed by atoms with Crippen LogP contribution in [-0.2, 0) is 28.6 Å². The van der Waals surface area contributed by atoms with Crippen LogP contribution in [0.1, 0.15) is 37.7 Å². The molecule has 2 aromatic rings. The van der Waals surface area contributed by atoms with Gasteiger partial charge in [0, 0.05) is 31.2 Å². The standard InChI is InChI=1S/C30H35ClF2N2O8/c1-19-3-4-20(13-23(19)32)42-17-27(37)35-30-9-7-29(8-10-30,15-25(30)43-28(38)18-40-12-11-39-2)34-26(36)16-41-21-5-6-22(31)24(33)14-21/h3-6,13-14,25H,7-12,15-18H2,1-2H3,(H,34,36)(H,35,37)/t25-,29?,30?/m0/s1. The zero-order chi connectivity index (χ0) is 31.0. The quantitative estimate of drug-likeness (QED) is 0.241. The Morgan fingerprint density at radius 3 is 2.14 bits per heavy atom. The van der Waals surface area contributed by atoms with Crippen LogP contribution in [-0.4, -0.2) is 75.1 Å². The molecule has 0 spiro atoms. The van der Waals surface area contributed by atoms with Crippen molar-refractivity contribution in [3.8, 4) is 11.5 Å². The van der Waals surface area contributed by atoms with E-state index in [0.717, 1.165) is 6.07 Å². The Bertz CT molecular complexity index is 1320. The van der Waals surface area contributed by atoms with Crippen molar-refractivity contribution in [3.05, 3.63) is 58.6 Å². The lowest BCUT2D eigenvalue weighted by Gasteiger charge is -2.57. The lowest BCUT2D eigenvalue weighted by Crippen LogP contribution is -2.71. The van der Waals surface area contributed by atoms with Crippen molar-refractivity contribution >= 4 is 29.4 Å². The highest BCUT2D eigenvalue weighted by Gasteiger charge is 2.57. The molecule has 0 aliphatic heterocycles. The van der Waals surface area contributed by atoms with Crippen LogP contribution in [0.4, 0.5) is 8.78 Å². The summed E-state index contributed by atoms with van der Waals surface area (Å²) in [5.74, 6) is -2.25. The Morgan fingerprint density at radius 2 is 1.51 bits per heavy atom. The number of ether oxygens (including phenoxy) is 5. The summed E-state index contributed by atoms with van der Waals surface area (Å²) in [6, 6.07) is 8.22. The normalized spacial score (nSPS) is 22.5. The molecule has 0 saturated heterocycles. The van der Waals surface area contributed by atoms with Gasteiger partial charge in [0.1, 0.15) is 35.8 Å². The number of carbonyl (C=O) groups is 3. The minimum absolute atomic E-state index is 0.0593. The van der Waals surface area contributed by atoms with Crippen molar-refractivity contribution in [3.63, 3.8) is 0 Å². The van der Waals surface area contributed by atoms with E-state index in [2.05, 4.69) is 10.6 Å². The lowest BCUT2D eigenvalue weighted by atomic mass is 9.59. The molecule has 0 heterocycles. The van der Waals surface area contributed by atoms with Gasteiger partial charge in [-0.3, -0.25) is 9.59 Å². The van der Waals surface area contributed by atoms with Crippen LogP contribution in [0.15, 0.2) is 36.4 Å². The van der Waals surface area contributed by atoms with Gasteiger partial charge in [-0.2, -0.15) is 0 Å². The van der Waals surface area contributed by atoms with Gasteiger partial charge < -0.3 is 34.3 Å². The monoisotopic (exact) mass is 624 g/mol. The number of esters is 1. The van der Waals surface area contributed by atoms with E-state index in [9.17, 15) is 23.2 Å². The molecular formula is C30H35ClF2N2O8. The van der Waals surface area contributed by atoms with Gasteiger partial charge in [0.25, 0.3) is 11.8 Å². The van der Waals surface area contributed by atoms with Crippen molar-refractivity contribution in [2.24, 2.45) is 0 Å². The van der Waals surface area contributed by atoms with Gasteiger partial charge in [-0.1, -0.05) is 17.7 Å². The van der Waals surface area contributed by atoms with Crippen molar-refractivity contribution in [2.75, 3.05) is 40.1 Å². The van der Waals surface area contributed by atoms with E-state index in [-0.39, 0.29) is 49.4 Å². The van der Waals surface area contributed by atoms with Gasteiger partial charge in [-0.15, -0.1) is 0 Å². The average Bonchev–Trinajstić information content (AvgIpc) is 2.97. The van der Waals surface area contributed by atoms with Crippen molar-refractivity contribution in [1.82, 2.24) is 10.6 Å². The summed E-state index contributed by atoms with van der Waals surface area (Å²) in [5.41, 5.74) is -1.15. The largest absolute Gasteiger partial charge is 0.484 e. The zero-order valence-corrected chi connectivity index (χ0v) is 24.8. The molecule has 3 aliphatic carbocycles. The number of aryl methyl sites for hydroxylation is 1. The molecule has 2 amide bonds. The summed E-state index contributed by atoms with van der Waals surface area (Å²) in [5, 5.41) is 5.95. The topological polar surface area (TPSA) is 121 Å². The Balaban J connectivity index is 1.40. The van der Waals surface area contributed by atoms with Crippen molar-refractivity contribution in [1.29, 1.82) is 0 Å². The first-order valence-corrected chi connectivity index (χ1v) is 14.3. The third kappa shape index (κ3) is 8.55. The van der Waals surface area contributed by atoms with E-state index in [1.165, 1.54) is 25.3 Å². The van der Waals surface area contributed by atoms with E-state index in [1.54, 1.807) is 19.1 Å². The number of carbonyl (C=O) groups excluding carboxylic acids is 3. The second-order valence-electron chi connectivity index (χ2n) is 10.8. The van der Waals surface area contributed by atoms with E-state index in [4.69, 9.17) is 35.3 Å². The highest BCUT2D eigenvalue weighted by molar-refractivity contribution is 6.30. The second kappa shape index (κ2) is 14.3. The van der Waals surface area contributed by atoms with Crippen molar-refractivity contribution < 1.29 is 46.8 Å². The van der Waals surface area contributed by atoms with Gasteiger partial charge in [-0.05, 0) is 56.4 Å². The van der Waals surface area contributed by atoms with Crippen LogP contribution < -0.4 is 20.1 Å². The predicted molar refractivity (Wildman–Crippen MR) is 151 cm³/mol. The maximum Gasteiger partial charge on any atom is 0.332 e. The molecule has 13 heteroatoms. The van der Waals surface area contributed by atoms with E-state index in [1.807, 2.05) is 0 Å². The molecule has 2 N–H and O–H groups in total. The van der Waals surface area contributed by atoms with Gasteiger partial charge in [0.05, 0.1) is 23.8 Å². The first kappa shape index (κ1) is 32.4. The number of fused-ring (bicyclic) bond motifs is 3. The second-order valence-corrected chi connectivity index (χ2v) is 11.2. The SMILES string of the molecule is COCCOCC(=O)O[C@H]1CC2(NC(=O)COc3ccc(Cl)c(F)c3)CCC1(NC(=O)COc1ccc(C)c(F)c1)CC2. The maximum absolute atomic E-state index is 13.9. The number of halogens is 3. The van der Waals surface area contributed by atoms with Crippen LogP contribution in [0, 0.1) is 18.6 Å². The minimum Gasteiger partial charge on any atom is -0.484 e. The van der Waals surface area contributed by atoms with Crippen LogP contribution in [0.2, 0.25) is 5.02 Å². The molecule has 0 aromatic heterocycles. The Labute approximate surface area is 253 Å². The molecule has 10 nitrogen and oxygen atoms in total. The highest BCUT2D eigenvalue weighted by atomic mass is 35.5. The summed E-state index contributed by atoms with van der Waals surface area (Å²) in [4.78, 5) is 38.5. The average molecular weight is 625 g/mol. The van der Waals surface area contributed by atoms with E-state index in [0.29, 0.717) is 37.9 Å². The number of nitrogens with one attached hydrogen (secondary N) is 2. The fourth-order valence-corrected chi connectivity index (χ4v) is 5.57. The number of rotatable bonds is 14. The summed E-state index contributed by atoms with van der Waals surface area (Å²) >= 11 is 5.70. The number of hydrogen-bond acceptors (Lipinski definition) is 8. The van der Waals surface area contributed by atoms with Crippen LogP contribution in [0.5, 0.6) is 11.5 Å². The molecule has 43 heavy (non-hydrogen) atoms. The Morgan fingerprint density at radius 1 is 0.884 bits per heavy atom. The molecule has 0 radical (unpaired) electrons. The molecule has 2 aromatic carbocycles. The molecule has 0 unspecified atom stereocenters. The van der Waals surface area contributed by atoms with Crippen LogP contribution in [0.25, 0.3) is 0 Å². The van der Waals surface area contributed by atoms with E-state index >= 15 is 0 Å². The molecule has 234 valence electrons. The fourth-order valence-electron chi connectivity index (χ4n) is 5.45. The van der Waals surface area contributed by atoms with Gasteiger partial charge in [0.2, 0.25) is 0 Å². The highest BCUT2D eigenvalue weighted by Crippen LogP contribution is 2.48. The number of benzene rings is 2. The zero-order valence-electron chi connectivity index (χ0n) is 24.0. The summed E-state index contributed by atoms with van der Waals surface area (Å²) in [7, 11) is 1.51. The molecular weight excluding hydrogens is 590 g/mol. The maximum atomic E-state index is 13.9. The van der Waals surface area contributed by atoms with E-state index < -0.39 is 46.6 Å². The summed E-state index contributed by atoms with van der Waals surface area (Å²) in [6.07, 6.45) is 1.27. The molecule has 3 aliphatic rings. The molecule has 3 saturated carbocycles. The predicted octanol–water partition coefficient (Wildman–Crippen LogP) is 3.65. The summed E-state index contributed by atoms with van der Waals surface area (Å²) in [6.45, 7) is 1.09. The van der Waals surface area contributed by atoms with Gasteiger partial charge in [-0.25, -0.2) is 13.6 Å². The fraction of sp³-hybridized carbons (Fsp3) is 0.500. The third-order valence-corrected chi connectivity index (χ3v) is 8.09. The molecule has 3 fully saturated rings. The molecule has 1 atom stereocenters. The van der Waals surface area contributed by atoms with Crippen LogP contribution in [0.3, 0.4) is 0 Å². The van der Waals surface area contributed by atoms with Gasteiger partial charge >= 0.3 is 5.97 Å². The molecule has 2 bridgehead atoms. The van der Waals surface area contributed by atoms with Crippen molar-refractivity contribution in [2.45, 2.75) is 56.2 Å². The summed E-state index contributed by atoms with van der Waals surface area (Å²) < 4.78 is 54.6. The lowest BCUT2D eigenvalue weighted by molar-refractivity contribution is -0.171. The first-order chi connectivity index (χ1) is 20.5. The molecule has 5 rings (SSSR count). The number of amides is 2. The van der Waals surface area contributed by atoms with Gasteiger partial charge in [0.15, 0.2) is 13.2 Å². The minimum atomic E-state index is -0.898. The third-order valence-electron chi connectivity index (χ3n) is 7.78. The van der Waals surface area contributed by atoms with Crippen LogP contribution >= 0.6 is 11.6 Å². The number of methoxy groups -OCH3 is 1. The Kier molecular flexibility index (Phi) is 10.8. The number of hydrogen-bond donors (Lipinski definition) is 2. The Hall–Kier alpha value is -3.48. The smallest absolute Gasteiger partial charge is 0.332 e.